The van der Waals surface area contributed by atoms with Crippen LogP contribution in [0.2, 0.25) is 0 Å². The maximum absolute atomic E-state index is 12.9. The number of aryl methyl sites for hydroxylation is 2. The molecule has 1 aromatic rings. The number of likely N-dealkylation sites (tertiary alicyclic amines) is 1. The molecule has 26 heavy (non-hydrogen) atoms. The first-order valence-electron chi connectivity index (χ1n) is 9.77. The molecular formula is C22H34N2O2. The molecule has 1 amide bonds. The van der Waals surface area contributed by atoms with Crippen LogP contribution in [-0.2, 0) is 6.42 Å². The zero-order chi connectivity index (χ0) is 19.2. The first-order chi connectivity index (χ1) is 12.4. The first-order valence-corrected chi connectivity index (χ1v) is 9.77. The van der Waals surface area contributed by atoms with E-state index in [2.05, 4.69) is 36.7 Å². The highest BCUT2D eigenvalue weighted by molar-refractivity contribution is 5.97. The molecule has 4 heteroatoms. The highest BCUT2D eigenvalue weighted by Crippen LogP contribution is 2.29. The third-order valence-corrected chi connectivity index (χ3v) is 5.49. The van der Waals surface area contributed by atoms with Crippen LogP contribution in [0.3, 0.4) is 0 Å². The van der Waals surface area contributed by atoms with Gasteiger partial charge in [-0.05, 0) is 63.3 Å². The molecule has 0 spiro atoms. The molecule has 1 heterocycles. The number of ether oxygens (including phenoxy) is 1. The third-order valence-electron chi connectivity index (χ3n) is 5.49. The van der Waals surface area contributed by atoms with Crippen LogP contribution in [0.25, 0.3) is 0 Å². The lowest BCUT2D eigenvalue weighted by molar-refractivity contribution is 0.0909. The zero-order valence-corrected chi connectivity index (χ0v) is 16.9. The minimum atomic E-state index is -0.0463. The average molecular weight is 359 g/mol. The molecule has 0 aromatic heterocycles. The fraction of sp³-hybridized carbons (Fsp3) is 0.591. The number of methoxy groups -OCH3 is 1. The fourth-order valence-corrected chi connectivity index (χ4v) is 3.93. The van der Waals surface area contributed by atoms with Crippen LogP contribution in [0.5, 0.6) is 5.75 Å². The van der Waals surface area contributed by atoms with Crippen molar-refractivity contribution in [3.63, 3.8) is 0 Å². The molecule has 1 aliphatic heterocycles. The topological polar surface area (TPSA) is 41.6 Å². The summed E-state index contributed by atoms with van der Waals surface area (Å²) in [6.45, 7) is 12.8. The van der Waals surface area contributed by atoms with Crippen molar-refractivity contribution in [1.29, 1.82) is 0 Å². The Hall–Kier alpha value is -1.81. The predicted molar refractivity (Wildman–Crippen MR) is 108 cm³/mol. The summed E-state index contributed by atoms with van der Waals surface area (Å²) in [5, 5.41) is 3.16. The van der Waals surface area contributed by atoms with E-state index in [0.29, 0.717) is 17.9 Å². The minimum Gasteiger partial charge on any atom is -0.496 e. The first kappa shape index (κ1) is 20.5. The van der Waals surface area contributed by atoms with E-state index < -0.39 is 0 Å². The lowest BCUT2D eigenvalue weighted by Gasteiger charge is -2.34. The summed E-state index contributed by atoms with van der Waals surface area (Å²) in [5.41, 5.74) is 2.86. The van der Waals surface area contributed by atoms with Crippen molar-refractivity contribution in [2.45, 2.75) is 58.4 Å². The molecule has 2 rings (SSSR count). The molecular weight excluding hydrogens is 324 g/mol. The Balaban J connectivity index is 2.15. The van der Waals surface area contributed by atoms with Crippen molar-refractivity contribution < 1.29 is 9.53 Å². The Labute approximate surface area is 158 Å². The lowest BCUT2D eigenvalue weighted by Crippen LogP contribution is -2.50. The fourth-order valence-electron chi connectivity index (χ4n) is 3.93. The Kier molecular flexibility index (Phi) is 7.27. The van der Waals surface area contributed by atoms with E-state index in [9.17, 15) is 4.79 Å². The van der Waals surface area contributed by atoms with Gasteiger partial charge >= 0.3 is 0 Å². The number of nitrogens with zero attached hydrogens (tertiary/aromatic N) is 1. The molecule has 144 valence electrons. The summed E-state index contributed by atoms with van der Waals surface area (Å²) < 4.78 is 5.53. The van der Waals surface area contributed by atoms with Crippen molar-refractivity contribution in [2.24, 2.45) is 0 Å². The molecule has 1 atom stereocenters. The van der Waals surface area contributed by atoms with Crippen molar-refractivity contribution in [2.75, 3.05) is 26.7 Å². The van der Waals surface area contributed by atoms with Crippen LogP contribution < -0.4 is 10.1 Å². The molecule has 1 N–H and O–H groups in total. The van der Waals surface area contributed by atoms with Gasteiger partial charge in [-0.15, -0.1) is 6.58 Å². The highest BCUT2D eigenvalue weighted by Gasteiger charge is 2.36. The van der Waals surface area contributed by atoms with Crippen molar-refractivity contribution in [3.05, 3.63) is 41.5 Å². The summed E-state index contributed by atoms with van der Waals surface area (Å²) in [5.74, 6) is 0.636. The van der Waals surface area contributed by atoms with Crippen molar-refractivity contribution in [1.82, 2.24) is 10.2 Å². The second-order valence-corrected chi connectivity index (χ2v) is 7.61. The highest BCUT2D eigenvalue weighted by atomic mass is 16.5. The van der Waals surface area contributed by atoms with Crippen LogP contribution in [0.1, 0.15) is 61.0 Å². The van der Waals surface area contributed by atoms with E-state index in [1.54, 1.807) is 7.11 Å². The maximum atomic E-state index is 12.9. The predicted octanol–water partition coefficient (Wildman–Crippen LogP) is 4.12. The molecule has 0 saturated carbocycles. The number of nitrogens with one attached hydrogen (secondary N) is 1. The monoisotopic (exact) mass is 358 g/mol. The van der Waals surface area contributed by atoms with Gasteiger partial charge in [0.1, 0.15) is 5.75 Å². The van der Waals surface area contributed by atoms with E-state index in [1.165, 1.54) is 5.56 Å². The van der Waals surface area contributed by atoms with Gasteiger partial charge in [-0.25, -0.2) is 0 Å². The van der Waals surface area contributed by atoms with Gasteiger partial charge in [-0.1, -0.05) is 25.5 Å². The number of hydrogen-bond donors (Lipinski definition) is 1. The van der Waals surface area contributed by atoms with E-state index in [-0.39, 0.29) is 11.4 Å². The maximum Gasteiger partial charge on any atom is 0.255 e. The van der Waals surface area contributed by atoms with Crippen LogP contribution in [0.4, 0.5) is 0 Å². The van der Waals surface area contributed by atoms with Crippen LogP contribution in [0.15, 0.2) is 24.8 Å². The van der Waals surface area contributed by atoms with E-state index in [0.717, 1.165) is 50.8 Å². The van der Waals surface area contributed by atoms with Gasteiger partial charge < -0.3 is 10.1 Å². The number of benzene rings is 1. The lowest BCUT2D eigenvalue weighted by atomic mass is 9.97. The molecule has 1 fully saturated rings. The van der Waals surface area contributed by atoms with Gasteiger partial charge in [0, 0.05) is 18.6 Å². The normalized spacial score (nSPS) is 20.2. The van der Waals surface area contributed by atoms with Crippen molar-refractivity contribution in [3.8, 4) is 5.75 Å². The number of hydrogen-bond acceptors (Lipinski definition) is 3. The minimum absolute atomic E-state index is 0.00799. The summed E-state index contributed by atoms with van der Waals surface area (Å²) >= 11 is 0. The Bertz CT molecular complexity index is 641. The van der Waals surface area contributed by atoms with Crippen LogP contribution >= 0.6 is 0 Å². The molecule has 0 aliphatic carbocycles. The number of carbonyl (C=O) groups excluding carboxylic acids is 1. The number of rotatable bonds is 9. The van der Waals surface area contributed by atoms with E-state index in [4.69, 9.17) is 4.74 Å². The van der Waals surface area contributed by atoms with Gasteiger partial charge in [0.15, 0.2) is 0 Å². The number of carbonyl (C=O) groups is 1. The summed E-state index contributed by atoms with van der Waals surface area (Å²) in [6, 6.07) is 4.13. The number of unbranched alkanes of at least 4 members (excludes halogenated alkanes) is 1. The summed E-state index contributed by atoms with van der Waals surface area (Å²) in [6.07, 6.45) is 7.45. The summed E-state index contributed by atoms with van der Waals surface area (Å²) in [4.78, 5) is 15.3. The molecule has 1 aromatic carbocycles. The second kappa shape index (κ2) is 9.22. The van der Waals surface area contributed by atoms with Gasteiger partial charge in [0.05, 0.1) is 12.7 Å². The standard InChI is InChI=1S/C22H34N2O2/c1-6-8-10-18-14-17(3)20(26-5)19(15-18)21(25)23-16-22(4)11-9-13-24(22)12-7-2/h7,14-15H,2,6,8-13,16H2,1,3-5H3,(H,23,25)/t22-/m0/s1. The largest absolute Gasteiger partial charge is 0.496 e. The van der Waals surface area contributed by atoms with Gasteiger partial charge in [-0.2, -0.15) is 0 Å². The zero-order valence-electron chi connectivity index (χ0n) is 16.9. The molecule has 0 radical (unpaired) electrons. The van der Waals surface area contributed by atoms with Gasteiger partial charge in [-0.3, -0.25) is 9.69 Å². The van der Waals surface area contributed by atoms with E-state index >= 15 is 0 Å². The smallest absolute Gasteiger partial charge is 0.255 e. The van der Waals surface area contributed by atoms with Crippen LogP contribution in [-0.4, -0.2) is 43.1 Å². The Morgan fingerprint density at radius 1 is 1.46 bits per heavy atom. The molecule has 4 nitrogen and oxygen atoms in total. The second-order valence-electron chi connectivity index (χ2n) is 7.61. The SMILES string of the molecule is C=CCN1CCC[C@@]1(C)CNC(=O)c1cc(CCCC)cc(C)c1OC. The Morgan fingerprint density at radius 3 is 2.88 bits per heavy atom. The molecule has 0 unspecified atom stereocenters. The van der Waals surface area contributed by atoms with Gasteiger partial charge in [0.2, 0.25) is 0 Å². The Morgan fingerprint density at radius 2 is 2.23 bits per heavy atom. The quantitative estimate of drug-likeness (QED) is 0.675. The molecule has 1 saturated heterocycles. The third kappa shape index (κ3) is 4.67. The van der Waals surface area contributed by atoms with E-state index in [1.807, 2.05) is 19.1 Å². The van der Waals surface area contributed by atoms with Crippen molar-refractivity contribution >= 4 is 5.91 Å². The number of amides is 1. The average Bonchev–Trinajstić information content (AvgIpc) is 2.98. The molecule has 1 aliphatic rings. The van der Waals surface area contributed by atoms with Gasteiger partial charge in [0.25, 0.3) is 5.91 Å². The molecule has 0 bridgehead atoms. The van der Waals surface area contributed by atoms with Crippen LogP contribution in [0, 0.1) is 6.92 Å². The summed E-state index contributed by atoms with van der Waals surface area (Å²) in [7, 11) is 1.63.